The van der Waals surface area contributed by atoms with Crippen molar-refractivity contribution in [3.8, 4) is 11.1 Å². The van der Waals surface area contributed by atoms with Crippen LogP contribution in [0.3, 0.4) is 0 Å². The Kier molecular flexibility index (Phi) is 7.14. The van der Waals surface area contributed by atoms with Crippen molar-refractivity contribution >= 4 is 11.7 Å². The van der Waals surface area contributed by atoms with Crippen molar-refractivity contribution < 1.29 is 19.2 Å². The smallest absolute Gasteiger partial charge is 0.318 e. The molecule has 2 aliphatic rings. The van der Waals surface area contributed by atoms with Gasteiger partial charge in [0.2, 0.25) is 0 Å². The van der Waals surface area contributed by atoms with E-state index in [4.69, 9.17) is 9.25 Å². The summed E-state index contributed by atoms with van der Waals surface area (Å²) in [6.45, 7) is 0.356. The number of nitrogens with one attached hydrogen (secondary N) is 1. The summed E-state index contributed by atoms with van der Waals surface area (Å²) in [5, 5.41) is 18.2. The number of carbonyl (C=O) groups is 1. The van der Waals surface area contributed by atoms with Crippen LogP contribution < -0.4 is 5.32 Å². The zero-order valence-corrected chi connectivity index (χ0v) is 19.7. The summed E-state index contributed by atoms with van der Waals surface area (Å²) in [6.07, 6.45) is 6.14. The molecule has 182 valence electrons. The molecule has 0 bridgehead atoms. The molecule has 7 nitrogen and oxygen atoms in total. The summed E-state index contributed by atoms with van der Waals surface area (Å²) in [4.78, 5) is 20.2. The number of rotatable bonds is 8. The summed E-state index contributed by atoms with van der Waals surface area (Å²) < 4.78 is 5.44. The molecule has 1 saturated carbocycles. The van der Waals surface area contributed by atoms with Crippen LogP contribution in [-0.2, 0) is 11.4 Å². The summed E-state index contributed by atoms with van der Waals surface area (Å²) in [6, 6.07) is 19.8. The Bertz CT molecular complexity index is 1120. The van der Waals surface area contributed by atoms with Crippen LogP contribution in [0.15, 0.2) is 76.5 Å². The number of furan rings is 1. The van der Waals surface area contributed by atoms with Crippen LogP contribution in [0.4, 0.5) is 4.79 Å². The summed E-state index contributed by atoms with van der Waals surface area (Å²) in [7, 11) is 0. The number of nitrogens with zero attached hydrogens (tertiary/aromatic N) is 2. The maximum absolute atomic E-state index is 13.0. The molecule has 2 aliphatic carbocycles. The molecule has 2 amide bonds. The first-order valence-corrected chi connectivity index (χ1v) is 12.3. The first-order valence-electron chi connectivity index (χ1n) is 12.3. The van der Waals surface area contributed by atoms with Crippen LogP contribution in [-0.4, -0.2) is 47.0 Å². The molecule has 5 rings (SSSR count). The lowest BCUT2D eigenvalue weighted by Gasteiger charge is -2.29. The Morgan fingerprint density at radius 3 is 2.29 bits per heavy atom. The van der Waals surface area contributed by atoms with Gasteiger partial charge in [0.15, 0.2) is 0 Å². The molecule has 0 aliphatic heterocycles. The molecule has 7 heteroatoms. The third-order valence-corrected chi connectivity index (χ3v) is 6.66. The van der Waals surface area contributed by atoms with Crippen molar-refractivity contribution in [1.82, 2.24) is 10.2 Å². The number of urea groups is 1. The van der Waals surface area contributed by atoms with Gasteiger partial charge in [0.1, 0.15) is 24.2 Å². The summed E-state index contributed by atoms with van der Waals surface area (Å²) in [5.74, 6) is 0.663. The molecule has 2 aromatic carbocycles. The fraction of sp³-hybridized carbons (Fsp3) is 0.357. The molecule has 1 fully saturated rings. The van der Waals surface area contributed by atoms with Gasteiger partial charge in [-0.05, 0) is 36.1 Å². The second-order valence-electron chi connectivity index (χ2n) is 9.22. The number of benzene rings is 2. The lowest BCUT2D eigenvalue weighted by Crippen LogP contribution is -2.48. The van der Waals surface area contributed by atoms with Gasteiger partial charge in [-0.25, -0.2) is 4.79 Å². The highest BCUT2D eigenvalue weighted by Crippen LogP contribution is 2.36. The maximum Gasteiger partial charge on any atom is 0.318 e. The number of amides is 2. The van der Waals surface area contributed by atoms with E-state index in [1.165, 1.54) is 6.42 Å². The Balaban J connectivity index is 1.23. The van der Waals surface area contributed by atoms with Crippen LogP contribution in [0, 0.1) is 0 Å². The minimum Gasteiger partial charge on any atom is -0.467 e. The van der Waals surface area contributed by atoms with E-state index in [-0.39, 0.29) is 31.8 Å². The number of oxime groups is 1. The predicted molar refractivity (Wildman–Crippen MR) is 134 cm³/mol. The van der Waals surface area contributed by atoms with E-state index in [0.717, 1.165) is 53.6 Å². The lowest BCUT2D eigenvalue weighted by atomic mass is 9.96. The van der Waals surface area contributed by atoms with Crippen molar-refractivity contribution in [3.05, 3.63) is 83.8 Å². The van der Waals surface area contributed by atoms with Crippen molar-refractivity contribution in [2.24, 2.45) is 5.16 Å². The molecule has 3 aromatic rings. The summed E-state index contributed by atoms with van der Waals surface area (Å²) >= 11 is 0. The zero-order chi connectivity index (χ0) is 24.0. The van der Waals surface area contributed by atoms with E-state index < -0.39 is 6.10 Å². The molecule has 1 aromatic heterocycles. The van der Waals surface area contributed by atoms with Gasteiger partial charge in [-0.15, -0.1) is 0 Å². The Morgan fingerprint density at radius 2 is 1.66 bits per heavy atom. The average Bonchev–Trinajstić information content (AvgIpc) is 3.51. The van der Waals surface area contributed by atoms with Gasteiger partial charge >= 0.3 is 6.03 Å². The van der Waals surface area contributed by atoms with Crippen LogP contribution in [0.2, 0.25) is 0 Å². The Hall–Kier alpha value is -3.58. The minimum atomic E-state index is -0.904. The second-order valence-corrected chi connectivity index (χ2v) is 9.22. The number of carbonyl (C=O) groups excluding carboxylic acids is 1. The van der Waals surface area contributed by atoms with Crippen LogP contribution in [0.5, 0.6) is 0 Å². The number of aliphatic hydroxyl groups is 1. The monoisotopic (exact) mass is 473 g/mol. The molecule has 1 atom stereocenters. The zero-order valence-electron chi connectivity index (χ0n) is 19.7. The molecular formula is C28H31N3O4. The number of hydrogen-bond donors (Lipinski definition) is 2. The highest BCUT2D eigenvalue weighted by atomic mass is 16.6. The number of aliphatic hydroxyl groups excluding tert-OH is 1. The lowest BCUT2D eigenvalue weighted by molar-refractivity contribution is 0.0230. The summed E-state index contributed by atoms with van der Waals surface area (Å²) in [5.41, 5.74) is 5.01. The SMILES string of the molecule is O=C(NC1CCCCC1)N(Cc1ccco1)C[C@@H](O)CON=C1c2ccccc2-c2ccccc21. The van der Waals surface area contributed by atoms with Crippen LogP contribution in [0.1, 0.15) is 49.0 Å². The quantitative estimate of drug-likeness (QED) is 0.355. The normalized spacial score (nSPS) is 15.7. The van der Waals surface area contributed by atoms with Gasteiger partial charge in [0.25, 0.3) is 0 Å². The average molecular weight is 474 g/mol. The van der Waals surface area contributed by atoms with E-state index in [9.17, 15) is 9.90 Å². The molecular weight excluding hydrogens is 442 g/mol. The van der Waals surface area contributed by atoms with Gasteiger partial charge in [-0.1, -0.05) is 72.9 Å². The fourth-order valence-electron chi connectivity index (χ4n) is 4.91. The second kappa shape index (κ2) is 10.8. The standard InChI is InChI=1S/C28H31N3O4/c32-21(17-31(18-22-11-8-16-34-22)28(33)29-20-9-2-1-3-10-20)19-35-30-27-25-14-6-4-12-23(25)24-13-5-7-15-26(24)27/h4-8,11-16,20-21,32H,1-3,9-10,17-19H2,(H,29,33)/t21-/m1/s1. The molecule has 0 saturated heterocycles. The largest absolute Gasteiger partial charge is 0.467 e. The fourth-order valence-corrected chi connectivity index (χ4v) is 4.91. The van der Waals surface area contributed by atoms with Crippen molar-refractivity contribution in [2.45, 2.75) is 50.8 Å². The van der Waals surface area contributed by atoms with Gasteiger partial charge < -0.3 is 24.6 Å². The van der Waals surface area contributed by atoms with E-state index in [2.05, 4.69) is 22.6 Å². The predicted octanol–water partition coefficient (Wildman–Crippen LogP) is 4.93. The van der Waals surface area contributed by atoms with Gasteiger partial charge in [-0.2, -0.15) is 0 Å². The maximum atomic E-state index is 13.0. The third-order valence-electron chi connectivity index (χ3n) is 6.66. The molecule has 0 unspecified atom stereocenters. The van der Waals surface area contributed by atoms with E-state index in [0.29, 0.717) is 5.76 Å². The minimum absolute atomic E-state index is 0.0286. The highest BCUT2D eigenvalue weighted by molar-refractivity contribution is 6.24. The van der Waals surface area contributed by atoms with Gasteiger partial charge in [0, 0.05) is 17.2 Å². The molecule has 1 heterocycles. The molecule has 35 heavy (non-hydrogen) atoms. The molecule has 2 N–H and O–H groups in total. The highest BCUT2D eigenvalue weighted by Gasteiger charge is 2.26. The number of hydrogen-bond acceptors (Lipinski definition) is 5. The first-order chi connectivity index (χ1) is 17.2. The van der Waals surface area contributed by atoms with E-state index in [1.807, 2.05) is 42.5 Å². The number of fused-ring (bicyclic) bond motifs is 3. The first kappa shape index (κ1) is 23.2. The van der Waals surface area contributed by atoms with Gasteiger partial charge in [0.05, 0.1) is 19.4 Å². The van der Waals surface area contributed by atoms with E-state index >= 15 is 0 Å². The van der Waals surface area contributed by atoms with E-state index in [1.54, 1.807) is 17.2 Å². The Morgan fingerprint density at radius 1 is 1.00 bits per heavy atom. The molecule has 0 spiro atoms. The topological polar surface area (TPSA) is 87.3 Å². The van der Waals surface area contributed by atoms with Crippen molar-refractivity contribution in [2.75, 3.05) is 13.2 Å². The van der Waals surface area contributed by atoms with Gasteiger partial charge in [-0.3, -0.25) is 0 Å². The van der Waals surface area contributed by atoms with Crippen molar-refractivity contribution in [1.29, 1.82) is 0 Å². The van der Waals surface area contributed by atoms with Crippen LogP contribution >= 0.6 is 0 Å². The van der Waals surface area contributed by atoms with Crippen LogP contribution in [0.25, 0.3) is 11.1 Å². The third kappa shape index (κ3) is 5.41. The van der Waals surface area contributed by atoms with Crippen molar-refractivity contribution in [3.63, 3.8) is 0 Å². The molecule has 0 radical (unpaired) electrons. The Labute approximate surface area is 205 Å².